The van der Waals surface area contributed by atoms with Gasteiger partial charge in [-0.3, -0.25) is 4.79 Å². The third-order valence-electron chi connectivity index (χ3n) is 3.29. The van der Waals surface area contributed by atoms with Crippen LogP contribution in [0.5, 0.6) is 0 Å². The molecule has 1 rings (SSSR count). The highest BCUT2D eigenvalue weighted by Crippen LogP contribution is 2.27. The largest absolute Gasteiger partial charge is 0.444 e. The molecule has 1 aliphatic heterocycles. The van der Waals surface area contributed by atoms with Gasteiger partial charge in [-0.15, -0.1) is 12.6 Å². The molecule has 0 aromatic rings. The highest BCUT2D eigenvalue weighted by atomic mass is 32.1. The van der Waals surface area contributed by atoms with Crippen LogP contribution < -0.4 is 0 Å². The third kappa shape index (κ3) is 4.52. The zero-order chi connectivity index (χ0) is 13.9. The summed E-state index contributed by atoms with van der Waals surface area (Å²) in [4.78, 5) is 24.8. The van der Waals surface area contributed by atoms with Crippen LogP contribution in [-0.2, 0) is 9.53 Å². The Bertz CT molecular complexity index is 317. The first-order valence-electron chi connectivity index (χ1n) is 6.41. The Kier molecular flexibility index (Phi) is 5.08. The number of hydrogen-bond donors (Lipinski definition) is 1. The first kappa shape index (κ1) is 15.3. The molecule has 18 heavy (non-hydrogen) atoms. The standard InChI is InChI=1S/C13H23NO3S/c1-9(11(15)18)10-5-7-14(8-6-10)12(16)17-13(2,3)4/h9-10H,5-8H2,1-4H3,(H,15,18). The number of likely N-dealkylation sites (tertiary alicyclic amines) is 1. The van der Waals surface area contributed by atoms with Gasteiger partial charge in [0.1, 0.15) is 5.60 Å². The predicted molar refractivity (Wildman–Crippen MR) is 73.7 cm³/mol. The summed E-state index contributed by atoms with van der Waals surface area (Å²) in [6.45, 7) is 8.80. The second-order valence-electron chi connectivity index (χ2n) is 5.93. The van der Waals surface area contributed by atoms with Gasteiger partial charge in [-0.25, -0.2) is 4.79 Å². The molecule has 1 unspecified atom stereocenters. The Morgan fingerprint density at radius 1 is 1.28 bits per heavy atom. The topological polar surface area (TPSA) is 46.6 Å². The number of hydrogen-bond acceptors (Lipinski definition) is 3. The summed E-state index contributed by atoms with van der Waals surface area (Å²) in [5.74, 6) is 0.294. The van der Waals surface area contributed by atoms with Crippen LogP contribution in [0, 0.1) is 11.8 Å². The minimum absolute atomic E-state index is 0.0332. The van der Waals surface area contributed by atoms with Crippen molar-refractivity contribution in [3.05, 3.63) is 0 Å². The fourth-order valence-corrected chi connectivity index (χ4v) is 2.32. The fraction of sp³-hybridized carbons (Fsp3) is 0.846. The molecule has 1 heterocycles. The van der Waals surface area contributed by atoms with Crippen LogP contribution in [-0.4, -0.2) is 34.8 Å². The molecule has 1 atom stereocenters. The number of nitrogens with zero attached hydrogens (tertiary/aromatic N) is 1. The van der Waals surface area contributed by atoms with Crippen LogP contribution in [0.15, 0.2) is 0 Å². The second-order valence-corrected chi connectivity index (χ2v) is 6.37. The molecule has 0 radical (unpaired) electrons. The molecule has 1 saturated heterocycles. The lowest BCUT2D eigenvalue weighted by Crippen LogP contribution is -2.43. The van der Waals surface area contributed by atoms with Gasteiger partial charge in [0.2, 0.25) is 0 Å². The lowest BCUT2D eigenvalue weighted by Gasteiger charge is -2.34. The first-order chi connectivity index (χ1) is 8.20. The Balaban J connectivity index is 2.44. The molecule has 0 N–H and O–H groups in total. The lowest BCUT2D eigenvalue weighted by atomic mass is 9.86. The summed E-state index contributed by atoms with van der Waals surface area (Å²) in [5.41, 5.74) is -0.456. The van der Waals surface area contributed by atoms with Crippen LogP contribution in [0.3, 0.4) is 0 Å². The van der Waals surface area contributed by atoms with Crippen LogP contribution in [0.4, 0.5) is 4.79 Å². The van der Waals surface area contributed by atoms with Crippen molar-refractivity contribution in [3.8, 4) is 0 Å². The molecule has 0 spiro atoms. The number of thiol groups is 1. The normalized spacial score (nSPS) is 19.5. The van der Waals surface area contributed by atoms with E-state index in [4.69, 9.17) is 4.74 Å². The van der Waals surface area contributed by atoms with E-state index in [1.807, 2.05) is 27.7 Å². The highest BCUT2D eigenvalue weighted by molar-refractivity contribution is 7.96. The van der Waals surface area contributed by atoms with Crippen molar-refractivity contribution in [2.75, 3.05) is 13.1 Å². The van der Waals surface area contributed by atoms with E-state index >= 15 is 0 Å². The van der Waals surface area contributed by atoms with Gasteiger partial charge in [0, 0.05) is 19.0 Å². The molecule has 0 saturated carbocycles. The van der Waals surface area contributed by atoms with Gasteiger partial charge in [0.05, 0.1) is 0 Å². The first-order valence-corrected chi connectivity index (χ1v) is 6.86. The van der Waals surface area contributed by atoms with Crippen molar-refractivity contribution in [3.63, 3.8) is 0 Å². The van der Waals surface area contributed by atoms with Crippen LogP contribution >= 0.6 is 12.6 Å². The number of piperidine rings is 1. The molecule has 0 bridgehead atoms. The number of carbonyl (C=O) groups is 2. The Hall–Kier alpha value is -0.710. The van der Waals surface area contributed by atoms with Gasteiger partial charge >= 0.3 is 6.09 Å². The van der Waals surface area contributed by atoms with Crippen LogP contribution in [0.1, 0.15) is 40.5 Å². The fourth-order valence-electron chi connectivity index (χ4n) is 2.11. The van der Waals surface area contributed by atoms with Crippen LogP contribution in [0.2, 0.25) is 0 Å². The van der Waals surface area contributed by atoms with E-state index in [0.29, 0.717) is 19.0 Å². The van der Waals surface area contributed by atoms with Gasteiger partial charge in [0.25, 0.3) is 0 Å². The summed E-state index contributed by atoms with van der Waals surface area (Å²) in [7, 11) is 0. The number of amides is 1. The molecule has 1 aliphatic rings. The molecule has 0 aliphatic carbocycles. The van der Waals surface area contributed by atoms with Crippen molar-refractivity contribution in [2.24, 2.45) is 11.8 Å². The maximum absolute atomic E-state index is 11.8. The molecular weight excluding hydrogens is 250 g/mol. The van der Waals surface area contributed by atoms with E-state index in [1.165, 1.54) is 0 Å². The molecule has 1 amide bonds. The summed E-state index contributed by atoms with van der Waals surface area (Å²) in [6, 6.07) is 0. The third-order valence-corrected chi connectivity index (χ3v) is 3.70. The van der Waals surface area contributed by atoms with E-state index in [1.54, 1.807) is 4.90 Å². The average molecular weight is 273 g/mol. The van der Waals surface area contributed by atoms with Crippen molar-refractivity contribution < 1.29 is 14.3 Å². The van der Waals surface area contributed by atoms with Crippen molar-refractivity contribution >= 4 is 23.8 Å². The summed E-state index contributed by atoms with van der Waals surface area (Å²) in [6.07, 6.45) is 1.42. The van der Waals surface area contributed by atoms with Gasteiger partial charge in [-0.2, -0.15) is 0 Å². The van der Waals surface area contributed by atoms with Gasteiger partial charge < -0.3 is 9.64 Å². The monoisotopic (exact) mass is 273 g/mol. The number of ether oxygens (including phenoxy) is 1. The maximum atomic E-state index is 11.8. The molecule has 0 aromatic carbocycles. The van der Waals surface area contributed by atoms with Crippen molar-refractivity contribution in [2.45, 2.75) is 46.1 Å². The number of carbonyl (C=O) groups excluding carboxylic acids is 2. The lowest BCUT2D eigenvalue weighted by molar-refractivity contribution is -0.115. The van der Waals surface area contributed by atoms with E-state index in [9.17, 15) is 9.59 Å². The Morgan fingerprint density at radius 2 is 1.78 bits per heavy atom. The maximum Gasteiger partial charge on any atom is 0.410 e. The van der Waals surface area contributed by atoms with E-state index in [2.05, 4.69) is 12.6 Å². The average Bonchev–Trinajstić information content (AvgIpc) is 2.26. The highest BCUT2D eigenvalue weighted by Gasteiger charge is 2.30. The zero-order valence-electron chi connectivity index (χ0n) is 11.6. The van der Waals surface area contributed by atoms with E-state index in [0.717, 1.165) is 12.8 Å². The van der Waals surface area contributed by atoms with Crippen molar-refractivity contribution in [1.29, 1.82) is 0 Å². The van der Waals surface area contributed by atoms with Crippen LogP contribution in [0.25, 0.3) is 0 Å². The molecular formula is C13H23NO3S. The van der Waals surface area contributed by atoms with E-state index in [-0.39, 0.29) is 17.1 Å². The smallest absolute Gasteiger partial charge is 0.410 e. The zero-order valence-corrected chi connectivity index (χ0v) is 12.5. The second kappa shape index (κ2) is 5.95. The molecule has 5 heteroatoms. The van der Waals surface area contributed by atoms with E-state index < -0.39 is 5.60 Å². The summed E-state index contributed by atoms with van der Waals surface area (Å²) in [5, 5.41) is -0.0641. The molecule has 4 nitrogen and oxygen atoms in total. The Morgan fingerprint density at radius 3 is 2.17 bits per heavy atom. The van der Waals surface area contributed by atoms with Gasteiger partial charge in [-0.1, -0.05) is 6.92 Å². The summed E-state index contributed by atoms with van der Waals surface area (Å²) >= 11 is 3.88. The molecule has 0 aromatic heterocycles. The number of rotatable bonds is 2. The Labute approximate surface area is 114 Å². The minimum Gasteiger partial charge on any atom is -0.444 e. The van der Waals surface area contributed by atoms with Crippen molar-refractivity contribution in [1.82, 2.24) is 4.90 Å². The predicted octanol–water partition coefficient (Wildman–Crippen LogP) is 2.73. The van der Waals surface area contributed by atoms with Gasteiger partial charge in [0.15, 0.2) is 5.12 Å². The SMILES string of the molecule is CC(C(=O)S)C1CCN(C(=O)OC(C)(C)C)CC1. The van der Waals surface area contributed by atoms with Gasteiger partial charge in [-0.05, 0) is 39.5 Å². The molecule has 1 fully saturated rings. The quantitative estimate of drug-likeness (QED) is 0.787. The molecule has 104 valence electrons. The summed E-state index contributed by atoms with van der Waals surface area (Å²) < 4.78 is 5.33. The minimum atomic E-state index is -0.456.